The van der Waals surface area contributed by atoms with Crippen molar-refractivity contribution < 1.29 is 14.6 Å². The SMILES string of the molecule is O=C(CN1CCC[C@H]1CO)NC1CCOCC1. The maximum atomic E-state index is 11.9. The van der Waals surface area contributed by atoms with Crippen LogP contribution in [0.3, 0.4) is 0 Å². The summed E-state index contributed by atoms with van der Waals surface area (Å²) < 4.78 is 5.25. The van der Waals surface area contributed by atoms with Gasteiger partial charge in [-0.3, -0.25) is 9.69 Å². The van der Waals surface area contributed by atoms with Gasteiger partial charge >= 0.3 is 0 Å². The van der Waals surface area contributed by atoms with Crippen molar-refractivity contribution in [3.8, 4) is 0 Å². The molecule has 98 valence electrons. The fourth-order valence-electron chi connectivity index (χ4n) is 2.61. The van der Waals surface area contributed by atoms with Crippen LogP contribution in [0.4, 0.5) is 0 Å². The number of rotatable bonds is 4. The molecule has 0 saturated carbocycles. The summed E-state index contributed by atoms with van der Waals surface area (Å²) >= 11 is 0. The summed E-state index contributed by atoms with van der Waals surface area (Å²) in [7, 11) is 0. The molecule has 0 aromatic heterocycles. The van der Waals surface area contributed by atoms with E-state index in [4.69, 9.17) is 4.74 Å². The third-order valence-corrected chi connectivity index (χ3v) is 3.64. The first-order valence-corrected chi connectivity index (χ1v) is 6.51. The maximum absolute atomic E-state index is 11.9. The number of aliphatic hydroxyl groups is 1. The van der Waals surface area contributed by atoms with E-state index in [9.17, 15) is 9.90 Å². The highest BCUT2D eigenvalue weighted by Gasteiger charge is 2.26. The largest absolute Gasteiger partial charge is 0.395 e. The highest BCUT2D eigenvalue weighted by molar-refractivity contribution is 5.78. The zero-order valence-corrected chi connectivity index (χ0v) is 10.2. The summed E-state index contributed by atoms with van der Waals surface area (Å²) in [6.45, 7) is 2.99. The molecule has 17 heavy (non-hydrogen) atoms. The molecular formula is C12H22N2O3. The molecule has 1 amide bonds. The number of nitrogens with one attached hydrogen (secondary N) is 1. The van der Waals surface area contributed by atoms with Crippen LogP contribution in [-0.4, -0.2) is 60.9 Å². The Morgan fingerprint density at radius 1 is 1.35 bits per heavy atom. The lowest BCUT2D eigenvalue weighted by Gasteiger charge is -2.26. The molecule has 0 aromatic carbocycles. The number of ether oxygens (including phenoxy) is 1. The van der Waals surface area contributed by atoms with E-state index >= 15 is 0 Å². The number of nitrogens with zero attached hydrogens (tertiary/aromatic N) is 1. The minimum atomic E-state index is 0.0808. The Hall–Kier alpha value is -0.650. The Morgan fingerprint density at radius 2 is 2.12 bits per heavy atom. The van der Waals surface area contributed by atoms with Crippen LogP contribution in [-0.2, 0) is 9.53 Å². The average molecular weight is 242 g/mol. The predicted octanol–water partition coefficient (Wildman–Crippen LogP) is -0.262. The topological polar surface area (TPSA) is 61.8 Å². The molecule has 0 unspecified atom stereocenters. The molecule has 0 spiro atoms. The molecule has 5 heteroatoms. The molecule has 2 saturated heterocycles. The molecule has 2 heterocycles. The first-order chi connectivity index (χ1) is 8.29. The molecule has 2 aliphatic rings. The summed E-state index contributed by atoms with van der Waals surface area (Å²) in [5.74, 6) is 0.0808. The second-order valence-corrected chi connectivity index (χ2v) is 4.90. The molecule has 0 radical (unpaired) electrons. The van der Waals surface area contributed by atoms with Crippen molar-refractivity contribution in [2.75, 3.05) is 32.9 Å². The second kappa shape index (κ2) is 6.33. The third kappa shape index (κ3) is 3.66. The van der Waals surface area contributed by atoms with Crippen LogP contribution in [0.2, 0.25) is 0 Å². The van der Waals surface area contributed by atoms with Gasteiger partial charge in [0.15, 0.2) is 0 Å². The van der Waals surface area contributed by atoms with Gasteiger partial charge in [0.25, 0.3) is 0 Å². The van der Waals surface area contributed by atoms with Crippen LogP contribution >= 0.6 is 0 Å². The molecule has 5 nitrogen and oxygen atoms in total. The molecule has 2 N–H and O–H groups in total. The van der Waals surface area contributed by atoms with E-state index in [2.05, 4.69) is 10.2 Å². The van der Waals surface area contributed by atoms with Gasteiger partial charge in [0.05, 0.1) is 13.2 Å². The summed E-state index contributed by atoms with van der Waals surface area (Å²) in [6.07, 6.45) is 3.90. The van der Waals surface area contributed by atoms with Crippen LogP contribution in [0, 0.1) is 0 Å². The van der Waals surface area contributed by atoms with Gasteiger partial charge in [-0.05, 0) is 32.2 Å². The van der Waals surface area contributed by atoms with Gasteiger partial charge < -0.3 is 15.2 Å². The highest BCUT2D eigenvalue weighted by Crippen LogP contribution is 2.16. The van der Waals surface area contributed by atoms with Crippen molar-refractivity contribution in [2.24, 2.45) is 0 Å². The van der Waals surface area contributed by atoms with Gasteiger partial charge in [0.2, 0.25) is 5.91 Å². The van der Waals surface area contributed by atoms with Gasteiger partial charge in [-0.2, -0.15) is 0 Å². The van der Waals surface area contributed by atoms with E-state index in [0.717, 1.165) is 45.4 Å². The molecule has 2 rings (SSSR count). The fourth-order valence-corrected chi connectivity index (χ4v) is 2.61. The maximum Gasteiger partial charge on any atom is 0.234 e. The van der Waals surface area contributed by atoms with E-state index in [1.165, 1.54) is 0 Å². The number of carbonyl (C=O) groups is 1. The highest BCUT2D eigenvalue weighted by atomic mass is 16.5. The van der Waals surface area contributed by atoms with Crippen molar-refractivity contribution in [3.05, 3.63) is 0 Å². The number of hydrogen-bond donors (Lipinski definition) is 2. The Balaban J connectivity index is 1.72. The quantitative estimate of drug-likeness (QED) is 0.713. The normalized spacial score (nSPS) is 27.2. The van der Waals surface area contributed by atoms with Crippen molar-refractivity contribution in [1.29, 1.82) is 0 Å². The molecule has 2 fully saturated rings. The lowest BCUT2D eigenvalue weighted by molar-refractivity contribution is -0.123. The smallest absolute Gasteiger partial charge is 0.234 e. The third-order valence-electron chi connectivity index (χ3n) is 3.64. The van der Waals surface area contributed by atoms with Gasteiger partial charge in [-0.15, -0.1) is 0 Å². The van der Waals surface area contributed by atoms with Crippen molar-refractivity contribution >= 4 is 5.91 Å². The minimum Gasteiger partial charge on any atom is -0.395 e. The van der Waals surface area contributed by atoms with Crippen molar-refractivity contribution in [2.45, 2.75) is 37.8 Å². The zero-order chi connectivity index (χ0) is 12.1. The molecule has 1 atom stereocenters. The number of aliphatic hydroxyl groups excluding tert-OH is 1. The van der Waals surface area contributed by atoms with Crippen LogP contribution in [0.5, 0.6) is 0 Å². The minimum absolute atomic E-state index is 0.0808. The Morgan fingerprint density at radius 3 is 2.82 bits per heavy atom. The number of amides is 1. The Labute approximate surface area is 102 Å². The van der Waals surface area contributed by atoms with Crippen LogP contribution in [0.1, 0.15) is 25.7 Å². The monoisotopic (exact) mass is 242 g/mol. The molecule has 2 aliphatic heterocycles. The van der Waals surface area contributed by atoms with Crippen LogP contribution in [0.25, 0.3) is 0 Å². The number of likely N-dealkylation sites (tertiary alicyclic amines) is 1. The van der Waals surface area contributed by atoms with E-state index < -0.39 is 0 Å². The summed E-state index contributed by atoms with van der Waals surface area (Å²) in [5, 5.41) is 12.2. The van der Waals surface area contributed by atoms with E-state index in [0.29, 0.717) is 6.54 Å². The standard InChI is InChI=1S/C12H22N2O3/c15-9-11-2-1-5-14(11)8-12(16)13-10-3-6-17-7-4-10/h10-11,15H,1-9H2,(H,13,16)/t11-/m0/s1. The number of carbonyl (C=O) groups excluding carboxylic acids is 1. The summed E-state index contributed by atoms with van der Waals surface area (Å²) in [4.78, 5) is 13.9. The van der Waals surface area contributed by atoms with Gasteiger partial charge in [0.1, 0.15) is 0 Å². The van der Waals surface area contributed by atoms with Crippen molar-refractivity contribution in [1.82, 2.24) is 10.2 Å². The Kier molecular flexibility index (Phi) is 4.76. The molecular weight excluding hydrogens is 220 g/mol. The van der Waals surface area contributed by atoms with Crippen LogP contribution in [0.15, 0.2) is 0 Å². The van der Waals surface area contributed by atoms with E-state index in [-0.39, 0.29) is 24.6 Å². The van der Waals surface area contributed by atoms with Crippen LogP contribution < -0.4 is 5.32 Å². The van der Waals surface area contributed by atoms with E-state index in [1.54, 1.807) is 0 Å². The van der Waals surface area contributed by atoms with Gasteiger partial charge in [-0.1, -0.05) is 0 Å². The lowest BCUT2D eigenvalue weighted by atomic mass is 10.1. The van der Waals surface area contributed by atoms with Gasteiger partial charge in [0, 0.05) is 25.3 Å². The zero-order valence-electron chi connectivity index (χ0n) is 10.2. The predicted molar refractivity (Wildman–Crippen MR) is 63.7 cm³/mol. The first-order valence-electron chi connectivity index (χ1n) is 6.51. The average Bonchev–Trinajstić information content (AvgIpc) is 2.77. The summed E-state index contributed by atoms with van der Waals surface area (Å²) in [6, 6.07) is 0.446. The summed E-state index contributed by atoms with van der Waals surface area (Å²) in [5.41, 5.74) is 0. The number of hydrogen-bond acceptors (Lipinski definition) is 4. The fraction of sp³-hybridized carbons (Fsp3) is 0.917. The first kappa shape index (κ1) is 12.8. The Bertz CT molecular complexity index is 254. The molecule has 0 aliphatic carbocycles. The van der Waals surface area contributed by atoms with Gasteiger partial charge in [-0.25, -0.2) is 0 Å². The lowest BCUT2D eigenvalue weighted by Crippen LogP contribution is -2.45. The second-order valence-electron chi connectivity index (χ2n) is 4.90. The molecule has 0 aromatic rings. The molecule has 0 bridgehead atoms. The van der Waals surface area contributed by atoms with E-state index in [1.807, 2.05) is 0 Å². The van der Waals surface area contributed by atoms with Crippen molar-refractivity contribution in [3.63, 3.8) is 0 Å².